The van der Waals surface area contributed by atoms with Gasteiger partial charge in [0.25, 0.3) is 5.91 Å². The summed E-state index contributed by atoms with van der Waals surface area (Å²) in [6, 6.07) is 4.43. The highest BCUT2D eigenvalue weighted by molar-refractivity contribution is 5.97. The summed E-state index contributed by atoms with van der Waals surface area (Å²) in [5, 5.41) is 2.71. The molecule has 5 heteroatoms. The van der Waals surface area contributed by atoms with Crippen LogP contribution in [0.15, 0.2) is 18.2 Å². The molecule has 0 saturated carbocycles. The number of hydrogen-bond donors (Lipinski definition) is 2. The zero-order chi connectivity index (χ0) is 15.1. The van der Waals surface area contributed by atoms with Crippen LogP contribution in [0.4, 0.5) is 5.69 Å². The minimum atomic E-state index is -0.606. The van der Waals surface area contributed by atoms with E-state index in [0.29, 0.717) is 17.7 Å². The van der Waals surface area contributed by atoms with Crippen molar-refractivity contribution < 1.29 is 14.3 Å². The van der Waals surface area contributed by atoms with Crippen molar-refractivity contribution >= 4 is 17.6 Å². The van der Waals surface area contributed by atoms with Gasteiger partial charge in [-0.3, -0.25) is 4.79 Å². The molecule has 1 aromatic rings. The Bertz CT molecular complexity index is 486. The second-order valence-corrected chi connectivity index (χ2v) is 4.76. The van der Waals surface area contributed by atoms with Gasteiger partial charge in [-0.25, -0.2) is 4.79 Å². The van der Waals surface area contributed by atoms with Gasteiger partial charge in [0.15, 0.2) is 0 Å². The van der Waals surface area contributed by atoms with Gasteiger partial charge in [-0.15, -0.1) is 0 Å². The summed E-state index contributed by atoms with van der Waals surface area (Å²) in [5.41, 5.74) is 7.68. The van der Waals surface area contributed by atoms with Crippen LogP contribution in [-0.2, 0) is 9.53 Å². The number of methoxy groups -OCH3 is 1. The van der Waals surface area contributed by atoms with Crippen molar-refractivity contribution in [2.45, 2.75) is 39.2 Å². The van der Waals surface area contributed by atoms with Crippen molar-refractivity contribution in [3.05, 3.63) is 29.3 Å². The van der Waals surface area contributed by atoms with E-state index in [1.165, 1.54) is 7.11 Å². The number of rotatable bonds is 6. The third-order valence-corrected chi connectivity index (χ3v) is 3.17. The lowest BCUT2D eigenvalue weighted by Crippen LogP contribution is -2.41. The van der Waals surface area contributed by atoms with Gasteiger partial charge in [-0.05, 0) is 37.1 Å². The molecule has 0 saturated heterocycles. The highest BCUT2D eigenvalue weighted by Gasteiger charge is 2.21. The smallest absolute Gasteiger partial charge is 0.328 e. The summed E-state index contributed by atoms with van der Waals surface area (Å²) < 4.78 is 4.72. The van der Waals surface area contributed by atoms with Gasteiger partial charge < -0.3 is 15.8 Å². The number of nitrogen functional groups attached to an aromatic ring is 1. The Kier molecular flexibility index (Phi) is 6.03. The molecule has 0 radical (unpaired) electrons. The average molecular weight is 278 g/mol. The van der Waals surface area contributed by atoms with Crippen LogP contribution in [0.3, 0.4) is 0 Å². The number of amides is 1. The number of nitrogens with one attached hydrogen (secondary N) is 1. The SMILES string of the molecule is CCCC[C@H](NC(=O)c1ccc(N)c(C)c1)C(=O)OC. The number of benzene rings is 1. The molecule has 0 fully saturated rings. The summed E-state index contributed by atoms with van der Waals surface area (Å²) in [6.07, 6.45) is 2.37. The molecule has 110 valence electrons. The first-order valence-corrected chi connectivity index (χ1v) is 6.74. The van der Waals surface area contributed by atoms with E-state index >= 15 is 0 Å². The van der Waals surface area contributed by atoms with E-state index in [2.05, 4.69) is 5.32 Å². The van der Waals surface area contributed by atoms with Crippen LogP contribution in [0, 0.1) is 6.92 Å². The first-order valence-electron chi connectivity index (χ1n) is 6.74. The summed E-state index contributed by atoms with van der Waals surface area (Å²) in [7, 11) is 1.32. The van der Waals surface area contributed by atoms with Crippen LogP contribution >= 0.6 is 0 Å². The predicted octanol–water partition coefficient (Wildman–Crippen LogP) is 2.04. The monoisotopic (exact) mass is 278 g/mol. The summed E-state index contributed by atoms with van der Waals surface area (Å²) in [6.45, 7) is 3.86. The molecule has 1 aromatic carbocycles. The molecule has 1 rings (SSSR count). The molecule has 0 spiro atoms. The Labute approximate surface area is 119 Å². The third kappa shape index (κ3) is 4.26. The van der Waals surface area contributed by atoms with Gasteiger partial charge in [0.2, 0.25) is 0 Å². The van der Waals surface area contributed by atoms with E-state index < -0.39 is 12.0 Å². The maximum Gasteiger partial charge on any atom is 0.328 e. The number of ether oxygens (including phenoxy) is 1. The fourth-order valence-corrected chi connectivity index (χ4v) is 1.86. The molecular weight excluding hydrogens is 256 g/mol. The van der Waals surface area contributed by atoms with Crippen LogP contribution in [-0.4, -0.2) is 25.0 Å². The predicted molar refractivity (Wildman–Crippen MR) is 78.4 cm³/mol. The summed E-state index contributed by atoms with van der Waals surface area (Å²) >= 11 is 0. The Balaban J connectivity index is 2.78. The van der Waals surface area contributed by atoms with Gasteiger partial charge in [0, 0.05) is 11.3 Å². The third-order valence-electron chi connectivity index (χ3n) is 3.17. The molecule has 0 aromatic heterocycles. The molecule has 0 aliphatic carbocycles. The fraction of sp³-hybridized carbons (Fsp3) is 0.467. The Hall–Kier alpha value is -2.04. The summed E-state index contributed by atoms with van der Waals surface area (Å²) in [5.74, 6) is -0.710. The normalized spacial score (nSPS) is 11.8. The largest absolute Gasteiger partial charge is 0.467 e. The Morgan fingerprint density at radius 2 is 2.10 bits per heavy atom. The minimum absolute atomic E-state index is 0.292. The van der Waals surface area contributed by atoms with Gasteiger partial charge >= 0.3 is 5.97 Å². The van der Waals surface area contributed by atoms with Gasteiger partial charge in [0.1, 0.15) is 6.04 Å². The van der Waals surface area contributed by atoms with E-state index in [9.17, 15) is 9.59 Å². The molecular formula is C15H22N2O3. The molecule has 0 aliphatic rings. The lowest BCUT2D eigenvalue weighted by molar-refractivity contribution is -0.143. The van der Waals surface area contributed by atoms with E-state index in [4.69, 9.17) is 10.5 Å². The highest BCUT2D eigenvalue weighted by Crippen LogP contribution is 2.13. The molecule has 5 nitrogen and oxygen atoms in total. The zero-order valence-corrected chi connectivity index (χ0v) is 12.2. The zero-order valence-electron chi connectivity index (χ0n) is 12.2. The molecule has 20 heavy (non-hydrogen) atoms. The van der Waals surface area contributed by atoms with Crippen LogP contribution < -0.4 is 11.1 Å². The molecule has 3 N–H and O–H groups in total. The average Bonchev–Trinajstić information content (AvgIpc) is 2.45. The number of anilines is 1. The molecule has 1 atom stereocenters. The van der Waals surface area contributed by atoms with E-state index in [1.54, 1.807) is 18.2 Å². The highest BCUT2D eigenvalue weighted by atomic mass is 16.5. The molecule has 1 amide bonds. The van der Waals surface area contributed by atoms with E-state index in [1.807, 2.05) is 13.8 Å². The topological polar surface area (TPSA) is 81.4 Å². The standard InChI is InChI=1S/C15H22N2O3/c1-4-5-6-13(15(19)20-3)17-14(18)11-7-8-12(16)10(2)9-11/h7-9,13H,4-6,16H2,1-3H3,(H,17,18)/t13-/m0/s1. The molecule has 0 bridgehead atoms. The number of nitrogens with two attached hydrogens (primary N) is 1. The molecule has 0 aliphatic heterocycles. The van der Waals surface area contributed by atoms with Crippen molar-refractivity contribution in [1.82, 2.24) is 5.32 Å². The Morgan fingerprint density at radius 3 is 2.65 bits per heavy atom. The number of unbranched alkanes of at least 4 members (excludes halogenated alkanes) is 1. The fourth-order valence-electron chi connectivity index (χ4n) is 1.86. The Morgan fingerprint density at radius 1 is 1.40 bits per heavy atom. The van der Waals surface area contributed by atoms with Crippen LogP contribution in [0.2, 0.25) is 0 Å². The summed E-state index contributed by atoms with van der Waals surface area (Å²) in [4.78, 5) is 23.8. The molecule has 0 heterocycles. The van der Waals surface area contributed by atoms with Crippen molar-refractivity contribution in [3.8, 4) is 0 Å². The van der Waals surface area contributed by atoms with Crippen LogP contribution in [0.25, 0.3) is 0 Å². The van der Waals surface area contributed by atoms with Crippen molar-refractivity contribution in [1.29, 1.82) is 0 Å². The van der Waals surface area contributed by atoms with Crippen molar-refractivity contribution in [2.24, 2.45) is 0 Å². The van der Waals surface area contributed by atoms with Gasteiger partial charge in [-0.2, -0.15) is 0 Å². The van der Waals surface area contributed by atoms with Crippen LogP contribution in [0.5, 0.6) is 0 Å². The number of esters is 1. The minimum Gasteiger partial charge on any atom is -0.467 e. The van der Waals surface area contributed by atoms with Gasteiger partial charge in [-0.1, -0.05) is 19.8 Å². The lowest BCUT2D eigenvalue weighted by atomic mass is 10.1. The van der Waals surface area contributed by atoms with Gasteiger partial charge in [0.05, 0.1) is 7.11 Å². The second-order valence-electron chi connectivity index (χ2n) is 4.76. The second kappa shape index (κ2) is 7.53. The number of hydrogen-bond acceptors (Lipinski definition) is 4. The van der Waals surface area contributed by atoms with E-state index in [0.717, 1.165) is 18.4 Å². The quantitative estimate of drug-likeness (QED) is 0.616. The first-order chi connectivity index (χ1) is 9.49. The molecule has 0 unspecified atom stereocenters. The number of aryl methyl sites for hydroxylation is 1. The van der Waals surface area contributed by atoms with Crippen molar-refractivity contribution in [3.63, 3.8) is 0 Å². The van der Waals surface area contributed by atoms with Crippen molar-refractivity contribution in [2.75, 3.05) is 12.8 Å². The number of carbonyl (C=O) groups excluding carboxylic acids is 2. The van der Waals surface area contributed by atoms with Crippen LogP contribution in [0.1, 0.15) is 42.1 Å². The van der Waals surface area contributed by atoms with E-state index in [-0.39, 0.29) is 5.91 Å². The maximum atomic E-state index is 12.1. The lowest BCUT2D eigenvalue weighted by Gasteiger charge is -2.16. The maximum absolute atomic E-state index is 12.1. The number of carbonyl (C=O) groups is 2. The first kappa shape index (κ1) is 16.0.